The molecule has 0 spiro atoms. The third-order valence-electron chi connectivity index (χ3n) is 0.283. The predicted molar refractivity (Wildman–Crippen MR) is 23.7 cm³/mol. The Labute approximate surface area is 45.6 Å². The quantitative estimate of drug-likeness (QED) is 0.435. The number of halogens is 1. The van der Waals surface area contributed by atoms with Gasteiger partial charge in [-0.3, -0.25) is 9.42 Å². The summed E-state index contributed by atoms with van der Waals surface area (Å²) in [4.78, 5) is 7.69. The summed E-state index contributed by atoms with van der Waals surface area (Å²) in [5.41, 5.74) is 0. The van der Waals surface area contributed by atoms with Crippen LogP contribution >= 0.6 is 7.91 Å². The van der Waals surface area contributed by atoms with Gasteiger partial charge in [0.15, 0.2) is 6.29 Å². The summed E-state index contributed by atoms with van der Waals surface area (Å²) < 4.78 is 24.3. The molecule has 0 rings (SSSR count). The second-order valence-corrected chi connectivity index (χ2v) is 2.27. The fourth-order valence-electron chi connectivity index (χ4n) is 0.188. The molecule has 0 aromatic heterocycles. The van der Waals surface area contributed by atoms with E-state index in [1.807, 2.05) is 0 Å². The molecule has 0 aromatic rings. The van der Waals surface area contributed by atoms with E-state index in [-0.39, 0.29) is 0 Å². The normalized spacial score (nSPS) is 22.0. The third kappa shape index (κ3) is 6.04. The Hall–Kier alpha value is 0.0400. The maximum absolute atomic E-state index is 11.4. The van der Waals surface area contributed by atoms with Gasteiger partial charge in [-0.05, 0) is 6.92 Å². The second kappa shape index (κ2) is 2.55. The molecule has 8 heavy (non-hydrogen) atoms. The highest BCUT2D eigenvalue weighted by molar-refractivity contribution is 7.46. The van der Waals surface area contributed by atoms with Crippen molar-refractivity contribution in [2.75, 3.05) is 0 Å². The van der Waals surface area contributed by atoms with E-state index < -0.39 is 14.2 Å². The van der Waals surface area contributed by atoms with E-state index in [0.717, 1.165) is 6.92 Å². The lowest BCUT2D eigenvalue weighted by Gasteiger charge is -2.03. The molecule has 0 aromatic carbocycles. The summed E-state index contributed by atoms with van der Waals surface area (Å²) in [7, 11) is -4.97. The zero-order valence-electron chi connectivity index (χ0n) is 4.11. The van der Waals surface area contributed by atoms with Crippen LogP contribution in [0.2, 0.25) is 0 Å². The Morgan fingerprint density at radius 2 is 2.25 bits per heavy atom. The first-order valence-electron chi connectivity index (χ1n) is 1.81. The van der Waals surface area contributed by atoms with Crippen LogP contribution in [-0.4, -0.2) is 16.3 Å². The Kier molecular flexibility index (Phi) is 2.56. The van der Waals surface area contributed by atoms with E-state index in [4.69, 9.17) is 10.00 Å². The summed E-state index contributed by atoms with van der Waals surface area (Å²) in [6, 6.07) is 0. The van der Waals surface area contributed by atoms with Gasteiger partial charge < -0.3 is 5.11 Å². The first kappa shape index (κ1) is 8.04. The molecule has 0 radical (unpaired) electrons. The number of aliphatic hydroxyl groups excluding tert-OH is 1. The molecule has 6 heteroatoms. The summed E-state index contributed by atoms with van der Waals surface area (Å²) in [6.07, 6.45) is -1.55. The predicted octanol–water partition coefficient (Wildman–Crippen LogP) is 0.411. The van der Waals surface area contributed by atoms with Crippen molar-refractivity contribution >= 4 is 7.91 Å². The van der Waals surface area contributed by atoms with Crippen LogP contribution in [0.15, 0.2) is 0 Å². The minimum absolute atomic E-state index is 1.03. The fraction of sp³-hybridized carbons (Fsp3) is 1.00. The standard InChI is InChI=1S/C2H6FO4P/c1-2(4)7-8(3,5)6/h2,4H,1H3,(H,5,6). The molecule has 0 heterocycles. The molecule has 50 valence electrons. The molecular weight excluding hydrogens is 138 g/mol. The van der Waals surface area contributed by atoms with Crippen LogP contribution in [0.3, 0.4) is 0 Å². The minimum Gasteiger partial charge on any atom is -0.368 e. The molecule has 0 aliphatic heterocycles. The summed E-state index contributed by atoms with van der Waals surface area (Å²) >= 11 is 0. The zero-order chi connectivity index (χ0) is 6.78. The van der Waals surface area contributed by atoms with Crippen LogP contribution in [0, 0.1) is 0 Å². The number of aliphatic hydroxyl groups is 1. The average Bonchev–Trinajstić information content (AvgIpc) is 1.21. The summed E-state index contributed by atoms with van der Waals surface area (Å²) in [5.74, 6) is 0. The molecule has 0 aliphatic rings. The minimum atomic E-state index is -4.97. The fourth-order valence-corrected chi connectivity index (χ4v) is 0.564. The van der Waals surface area contributed by atoms with Crippen LogP contribution in [0.5, 0.6) is 0 Å². The molecule has 0 saturated heterocycles. The monoisotopic (exact) mass is 144 g/mol. The molecular formula is C2H6FO4P. The summed E-state index contributed by atoms with van der Waals surface area (Å²) in [5, 5.41) is 8.09. The largest absolute Gasteiger partial charge is 0.512 e. The molecule has 0 aliphatic carbocycles. The van der Waals surface area contributed by atoms with Crippen LogP contribution in [-0.2, 0) is 9.09 Å². The van der Waals surface area contributed by atoms with Gasteiger partial charge in [0.2, 0.25) is 0 Å². The Bertz CT molecular complexity index is 107. The molecule has 2 N–H and O–H groups in total. The average molecular weight is 144 g/mol. The van der Waals surface area contributed by atoms with Crippen LogP contribution in [0.1, 0.15) is 6.92 Å². The van der Waals surface area contributed by atoms with Crippen LogP contribution < -0.4 is 0 Å². The van der Waals surface area contributed by atoms with Gasteiger partial charge in [-0.15, -0.1) is 4.20 Å². The molecule has 4 nitrogen and oxygen atoms in total. The summed E-state index contributed by atoms with van der Waals surface area (Å²) in [6.45, 7) is 1.03. The first-order valence-corrected chi connectivity index (χ1v) is 3.27. The Morgan fingerprint density at radius 3 is 2.25 bits per heavy atom. The van der Waals surface area contributed by atoms with Crippen molar-refractivity contribution in [3.8, 4) is 0 Å². The van der Waals surface area contributed by atoms with Gasteiger partial charge in [-0.2, -0.15) is 0 Å². The molecule has 0 saturated carbocycles. The lowest BCUT2D eigenvalue weighted by Crippen LogP contribution is -2.01. The van der Waals surface area contributed by atoms with Gasteiger partial charge in [0.25, 0.3) is 0 Å². The van der Waals surface area contributed by atoms with Crippen molar-refractivity contribution in [2.45, 2.75) is 13.2 Å². The van der Waals surface area contributed by atoms with Crippen LogP contribution in [0.4, 0.5) is 4.20 Å². The van der Waals surface area contributed by atoms with Crippen LogP contribution in [0.25, 0.3) is 0 Å². The van der Waals surface area contributed by atoms with E-state index in [2.05, 4.69) is 4.52 Å². The lowest BCUT2D eigenvalue weighted by molar-refractivity contribution is -0.0151. The zero-order valence-corrected chi connectivity index (χ0v) is 5.01. The highest BCUT2D eigenvalue weighted by atomic mass is 31.2. The highest BCUT2D eigenvalue weighted by Gasteiger charge is 2.19. The van der Waals surface area contributed by atoms with E-state index in [1.165, 1.54) is 0 Å². The maximum atomic E-state index is 11.4. The lowest BCUT2D eigenvalue weighted by atomic mass is 10.8. The van der Waals surface area contributed by atoms with Crippen molar-refractivity contribution in [2.24, 2.45) is 0 Å². The Balaban J connectivity index is 3.56. The smallest absolute Gasteiger partial charge is 0.368 e. The van der Waals surface area contributed by atoms with E-state index in [1.54, 1.807) is 0 Å². The molecule has 0 amide bonds. The van der Waals surface area contributed by atoms with Crippen molar-refractivity contribution in [1.29, 1.82) is 0 Å². The molecule has 2 unspecified atom stereocenters. The van der Waals surface area contributed by atoms with Crippen molar-refractivity contribution in [3.05, 3.63) is 0 Å². The molecule has 0 fully saturated rings. The third-order valence-corrected chi connectivity index (χ3v) is 0.848. The molecule has 0 bridgehead atoms. The Morgan fingerprint density at radius 1 is 1.88 bits per heavy atom. The van der Waals surface area contributed by atoms with Gasteiger partial charge in [-0.25, -0.2) is 4.57 Å². The van der Waals surface area contributed by atoms with Crippen molar-refractivity contribution < 1.29 is 23.3 Å². The van der Waals surface area contributed by atoms with Gasteiger partial charge in [0.1, 0.15) is 0 Å². The maximum Gasteiger partial charge on any atom is 0.512 e. The van der Waals surface area contributed by atoms with E-state index >= 15 is 0 Å². The number of hydrogen-bond acceptors (Lipinski definition) is 3. The van der Waals surface area contributed by atoms with Crippen molar-refractivity contribution in [1.82, 2.24) is 0 Å². The van der Waals surface area contributed by atoms with E-state index in [9.17, 15) is 8.76 Å². The van der Waals surface area contributed by atoms with Gasteiger partial charge >= 0.3 is 7.91 Å². The highest BCUT2D eigenvalue weighted by Crippen LogP contribution is 2.44. The topological polar surface area (TPSA) is 66.8 Å². The van der Waals surface area contributed by atoms with E-state index in [0.29, 0.717) is 0 Å². The van der Waals surface area contributed by atoms with Gasteiger partial charge in [0.05, 0.1) is 0 Å². The SMILES string of the molecule is CC(O)OP(=O)(O)F. The molecule has 2 atom stereocenters. The first-order chi connectivity index (χ1) is 3.42. The number of rotatable bonds is 2. The second-order valence-electron chi connectivity index (χ2n) is 1.16. The number of hydrogen-bond donors (Lipinski definition) is 2. The van der Waals surface area contributed by atoms with Gasteiger partial charge in [0, 0.05) is 0 Å². The van der Waals surface area contributed by atoms with Gasteiger partial charge in [-0.1, -0.05) is 0 Å². The van der Waals surface area contributed by atoms with Crippen molar-refractivity contribution in [3.63, 3.8) is 0 Å².